The van der Waals surface area contributed by atoms with Crippen molar-refractivity contribution in [2.24, 2.45) is 0 Å². The summed E-state index contributed by atoms with van der Waals surface area (Å²) in [4.78, 5) is 38.3. The second kappa shape index (κ2) is 8.53. The Kier molecular flexibility index (Phi) is 5.90. The molecule has 1 aliphatic rings. The molecule has 0 aromatic heterocycles. The lowest BCUT2D eigenvalue weighted by Crippen LogP contribution is -2.31. The van der Waals surface area contributed by atoms with Gasteiger partial charge in [0.2, 0.25) is 0 Å². The summed E-state index contributed by atoms with van der Waals surface area (Å²) in [6, 6.07) is 11.1. The topological polar surface area (TPSA) is 97.0 Å². The van der Waals surface area contributed by atoms with Crippen molar-refractivity contribution in [2.45, 2.75) is 6.42 Å². The lowest BCUT2D eigenvalue weighted by Gasteiger charge is -2.12. The molecule has 8 heteroatoms. The van der Waals surface area contributed by atoms with Gasteiger partial charge in [-0.1, -0.05) is 0 Å². The van der Waals surface area contributed by atoms with Crippen LogP contribution in [0.1, 0.15) is 27.1 Å². The van der Waals surface area contributed by atoms with E-state index in [2.05, 4.69) is 10.6 Å². The summed E-state index contributed by atoms with van der Waals surface area (Å²) in [7, 11) is 3.13. The van der Waals surface area contributed by atoms with E-state index in [0.29, 0.717) is 42.3 Å². The highest BCUT2D eigenvalue weighted by Gasteiger charge is 2.35. The normalized spacial score (nSPS) is 12.7. The number of nitrogens with zero attached hydrogens (tertiary/aromatic N) is 1. The van der Waals surface area contributed by atoms with Gasteiger partial charge in [0.05, 0.1) is 18.2 Å². The number of anilines is 2. The number of fused-ring (bicyclic) bond motifs is 1. The number of nitrogens with one attached hydrogen (secondary N) is 2. The molecule has 2 aromatic carbocycles. The Bertz CT molecular complexity index is 895. The Labute approximate surface area is 162 Å². The lowest BCUT2D eigenvalue weighted by molar-refractivity contribution is 0.0638. The number of imide groups is 1. The Morgan fingerprint density at radius 3 is 2.25 bits per heavy atom. The molecule has 0 bridgehead atoms. The number of carbonyl (C=O) groups is 3. The van der Waals surface area contributed by atoms with Gasteiger partial charge in [0.1, 0.15) is 5.75 Å². The van der Waals surface area contributed by atoms with Gasteiger partial charge in [-0.15, -0.1) is 0 Å². The van der Waals surface area contributed by atoms with Crippen LogP contribution in [0.4, 0.5) is 16.2 Å². The van der Waals surface area contributed by atoms with Gasteiger partial charge in [-0.3, -0.25) is 14.5 Å². The zero-order valence-corrected chi connectivity index (χ0v) is 15.7. The van der Waals surface area contributed by atoms with E-state index in [1.54, 1.807) is 50.6 Å². The number of hydrogen-bond donors (Lipinski definition) is 2. The number of methoxy groups -OCH3 is 2. The van der Waals surface area contributed by atoms with E-state index in [9.17, 15) is 14.4 Å². The van der Waals surface area contributed by atoms with Crippen molar-refractivity contribution in [1.82, 2.24) is 4.90 Å². The molecule has 0 spiro atoms. The summed E-state index contributed by atoms with van der Waals surface area (Å²) in [5, 5.41) is 5.36. The smallest absolute Gasteiger partial charge is 0.323 e. The maximum absolute atomic E-state index is 12.5. The molecule has 3 rings (SSSR count). The average Bonchev–Trinajstić information content (AvgIpc) is 2.93. The van der Waals surface area contributed by atoms with Crippen LogP contribution >= 0.6 is 0 Å². The molecule has 4 amide bonds. The predicted octanol–water partition coefficient (Wildman–Crippen LogP) is 2.97. The molecule has 28 heavy (non-hydrogen) atoms. The minimum atomic E-state index is -0.459. The first-order valence-corrected chi connectivity index (χ1v) is 8.74. The molecule has 0 saturated carbocycles. The number of urea groups is 1. The van der Waals surface area contributed by atoms with Crippen LogP contribution in [0.15, 0.2) is 42.5 Å². The lowest BCUT2D eigenvalue weighted by atomic mass is 10.1. The van der Waals surface area contributed by atoms with Crippen LogP contribution in [0.25, 0.3) is 0 Å². The minimum absolute atomic E-state index is 0.282. The molecular weight excluding hydrogens is 362 g/mol. The Morgan fingerprint density at radius 2 is 1.57 bits per heavy atom. The van der Waals surface area contributed by atoms with Crippen molar-refractivity contribution < 1.29 is 23.9 Å². The van der Waals surface area contributed by atoms with Gasteiger partial charge in [-0.25, -0.2) is 4.79 Å². The first-order chi connectivity index (χ1) is 13.5. The second-order valence-electron chi connectivity index (χ2n) is 6.18. The largest absolute Gasteiger partial charge is 0.497 e. The van der Waals surface area contributed by atoms with Crippen molar-refractivity contribution >= 4 is 29.2 Å². The number of ether oxygens (including phenoxy) is 2. The zero-order chi connectivity index (χ0) is 20.1. The quantitative estimate of drug-likeness (QED) is 0.566. The molecule has 1 heterocycles. The van der Waals surface area contributed by atoms with Gasteiger partial charge in [0.25, 0.3) is 11.8 Å². The molecule has 0 saturated heterocycles. The van der Waals surface area contributed by atoms with Gasteiger partial charge in [-0.2, -0.15) is 0 Å². The highest BCUT2D eigenvalue weighted by atomic mass is 16.5. The van der Waals surface area contributed by atoms with E-state index in [-0.39, 0.29) is 17.4 Å². The summed E-state index contributed by atoms with van der Waals surface area (Å²) < 4.78 is 10.0. The van der Waals surface area contributed by atoms with Crippen LogP contribution < -0.4 is 15.4 Å². The molecule has 0 aliphatic carbocycles. The maximum atomic E-state index is 12.5. The molecular formula is C20H21N3O5. The highest BCUT2D eigenvalue weighted by Crippen LogP contribution is 2.26. The van der Waals surface area contributed by atoms with Crippen molar-refractivity contribution in [1.29, 1.82) is 0 Å². The molecule has 0 atom stereocenters. The number of rotatable bonds is 7. The van der Waals surface area contributed by atoms with Gasteiger partial charge in [0, 0.05) is 31.6 Å². The number of benzene rings is 2. The Morgan fingerprint density at radius 1 is 0.929 bits per heavy atom. The summed E-state index contributed by atoms with van der Waals surface area (Å²) in [6.45, 7) is 0.757. The number of carbonyl (C=O) groups excluding carboxylic acids is 3. The van der Waals surface area contributed by atoms with Crippen LogP contribution in [0.3, 0.4) is 0 Å². The van der Waals surface area contributed by atoms with Crippen LogP contribution in [-0.4, -0.2) is 50.1 Å². The minimum Gasteiger partial charge on any atom is -0.497 e. The standard InChI is InChI=1S/C20H21N3O5/c1-27-11-3-10-23-18(24)16-9-6-14(12-17(16)19(23)25)22-20(26)21-13-4-7-15(28-2)8-5-13/h4-9,12H,3,10-11H2,1-2H3,(H2,21,22,26). The van der Waals surface area contributed by atoms with E-state index in [1.807, 2.05) is 0 Å². The van der Waals surface area contributed by atoms with Gasteiger partial charge in [-0.05, 0) is 48.9 Å². The van der Waals surface area contributed by atoms with Crippen molar-refractivity contribution in [2.75, 3.05) is 38.0 Å². The molecule has 1 aliphatic heterocycles. The monoisotopic (exact) mass is 383 g/mol. The van der Waals surface area contributed by atoms with E-state index in [0.717, 1.165) is 0 Å². The predicted molar refractivity (Wildman–Crippen MR) is 104 cm³/mol. The van der Waals surface area contributed by atoms with Gasteiger partial charge in [0.15, 0.2) is 0 Å². The fraction of sp³-hybridized carbons (Fsp3) is 0.250. The molecule has 2 N–H and O–H groups in total. The van der Waals surface area contributed by atoms with Crippen LogP contribution in [0, 0.1) is 0 Å². The highest BCUT2D eigenvalue weighted by molar-refractivity contribution is 6.22. The van der Waals surface area contributed by atoms with E-state index >= 15 is 0 Å². The summed E-state index contributed by atoms with van der Waals surface area (Å²) >= 11 is 0. The van der Waals surface area contributed by atoms with E-state index in [4.69, 9.17) is 9.47 Å². The fourth-order valence-corrected chi connectivity index (χ4v) is 2.91. The number of hydrogen-bond acceptors (Lipinski definition) is 5. The zero-order valence-electron chi connectivity index (χ0n) is 15.7. The maximum Gasteiger partial charge on any atom is 0.323 e. The Balaban J connectivity index is 1.66. The van der Waals surface area contributed by atoms with Crippen molar-refractivity contribution in [3.63, 3.8) is 0 Å². The third-order valence-corrected chi connectivity index (χ3v) is 4.31. The summed E-state index contributed by atoms with van der Waals surface area (Å²) in [5.74, 6) is -0.0107. The first-order valence-electron chi connectivity index (χ1n) is 8.74. The average molecular weight is 383 g/mol. The van der Waals surface area contributed by atoms with Gasteiger partial charge < -0.3 is 20.1 Å². The summed E-state index contributed by atoms with van der Waals surface area (Å²) in [6.07, 6.45) is 0.567. The second-order valence-corrected chi connectivity index (χ2v) is 6.18. The van der Waals surface area contributed by atoms with Crippen LogP contribution in [-0.2, 0) is 4.74 Å². The van der Waals surface area contributed by atoms with Gasteiger partial charge >= 0.3 is 6.03 Å². The van der Waals surface area contributed by atoms with E-state index < -0.39 is 6.03 Å². The SMILES string of the molecule is COCCCN1C(=O)c2ccc(NC(=O)Nc3ccc(OC)cc3)cc2C1=O. The fourth-order valence-electron chi connectivity index (χ4n) is 2.91. The molecule has 146 valence electrons. The van der Waals surface area contributed by atoms with Crippen molar-refractivity contribution in [3.05, 3.63) is 53.6 Å². The molecule has 0 fully saturated rings. The molecule has 2 aromatic rings. The molecule has 0 unspecified atom stereocenters. The summed E-state index contributed by atoms with van der Waals surface area (Å²) in [5.41, 5.74) is 1.63. The van der Waals surface area contributed by atoms with Crippen LogP contribution in [0.2, 0.25) is 0 Å². The van der Waals surface area contributed by atoms with Crippen LogP contribution in [0.5, 0.6) is 5.75 Å². The number of amides is 4. The van der Waals surface area contributed by atoms with E-state index in [1.165, 1.54) is 11.0 Å². The third kappa shape index (κ3) is 4.12. The first kappa shape index (κ1) is 19.4. The molecule has 8 nitrogen and oxygen atoms in total. The third-order valence-electron chi connectivity index (χ3n) is 4.31. The Hall–Kier alpha value is -3.39. The van der Waals surface area contributed by atoms with Crippen molar-refractivity contribution in [3.8, 4) is 5.75 Å². The molecule has 0 radical (unpaired) electrons.